The Kier molecular flexibility index (Phi) is 4.56. The molecule has 1 atom stereocenters. The molecule has 1 aromatic carbocycles. The van der Waals surface area contributed by atoms with E-state index in [1.54, 1.807) is 0 Å². The largest absolute Gasteiger partial charge is 0.341 e. The van der Waals surface area contributed by atoms with Gasteiger partial charge in [0, 0.05) is 36.7 Å². The summed E-state index contributed by atoms with van der Waals surface area (Å²) >= 11 is 3.58. The lowest BCUT2D eigenvalue weighted by Gasteiger charge is -2.24. The van der Waals surface area contributed by atoms with Gasteiger partial charge in [-0.2, -0.15) is 5.10 Å². The van der Waals surface area contributed by atoms with Crippen molar-refractivity contribution in [2.45, 2.75) is 33.1 Å². The van der Waals surface area contributed by atoms with E-state index >= 15 is 0 Å². The number of carbonyl (C=O) groups excluding carboxylic acids is 1. The van der Waals surface area contributed by atoms with Gasteiger partial charge in [-0.15, -0.1) is 0 Å². The van der Waals surface area contributed by atoms with Crippen LogP contribution in [-0.2, 0) is 18.3 Å². The van der Waals surface area contributed by atoms with Gasteiger partial charge in [0.1, 0.15) is 0 Å². The highest BCUT2D eigenvalue weighted by molar-refractivity contribution is 9.10. The van der Waals surface area contributed by atoms with E-state index in [0.29, 0.717) is 12.3 Å². The molecule has 3 rings (SSSR count). The number of carbonyl (C=O) groups is 1. The average molecular weight is 390 g/mol. The summed E-state index contributed by atoms with van der Waals surface area (Å²) in [5.74, 6) is 0.524. The van der Waals surface area contributed by atoms with Gasteiger partial charge in [0.25, 0.3) is 0 Å². The summed E-state index contributed by atoms with van der Waals surface area (Å²) in [5.41, 5.74) is 3.52. The predicted octanol–water partition coefficient (Wildman–Crippen LogP) is 3.69. The Hall–Kier alpha value is -1.62. The fourth-order valence-corrected chi connectivity index (χ4v) is 4.20. The van der Waals surface area contributed by atoms with Gasteiger partial charge in [-0.1, -0.05) is 41.9 Å². The Balaban J connectivity index is 1.74. The standard InChI is InChI=1S/C19H24BrN3O/c1-13-5-6-14(17(20)7-13)8-18(24)23-11-16(19(2,3)12-23)15-9-21-22(4)10-15/h5-7,9-10,16H,8,11-12H2,1-4H3. The van der Waals surface area contributed by atoms with Gasteiger partial charge in [-0.3, -0.25) is 9.48 Å². The van der Waals surface area contributed by atoms with E-state index < -0.39 is 0 Å². The van der Waals surface area contributed by atoms with Crippen LogP contribution < -0.4 is 0 Å². The molecule has 1 aliphatic rings. The smallest absolute Gasteiger partial charge is 0.227 e. The second-order valence-corrected chi connectivity index (χ2v) is 8.39. The third kappa shape index (κ3) is 3.41. The number of benzene rings is 1. The molecule has 1 saturated heterocycles. The highest BCUT2D eigenvalue weighted by Gasteiger charge is 2.42. The lowest BCUT2D eigenvalue weighted by molar-refractivity contribution is -0.129. The summed E-state index contributed by atoms with van der Waals surface area (Å²) in [6.07, 6.45) is 4.44. The Bertz CT molecular complexity index is 766. The van der Waals surface area contributed by atoms with E-state index in [2.05, 4.69) is 60.1 Å². The molecule has 0 spiro atoms. The quantitative estimate of drug-likeness (QED) is 0.802. The van der Waals surface area contributed by atoms with Gasteiger partial charge in [0.05, 0.1) is 12.6 Å². The molecular formula is C19H24BrN3O. The molecule has 2 heterocycles. The highest BCUT2D eigenvalue weighted by Crippen LogP contribution is 2.42. The maximum atomic E-state index is 12.8. The molecular weight excluding hydrogens is 366 g/mol. The zero-order valence-corrected chi connectivity index (χ0v) is 16.3. The second kappa shape index (κ2) is 6.36. The van der Waals surface area contributed by atoms with Gasteiger partial charge in [0.15, 0.2) is 0 Å². The Labute approximate surface area is 152 Å². The van der Waals surface area contributed by atoms with Crippen molar-refractivity contribution in [3.05, 3.63) is 51.8 Å². The van der Waals surface area contributed by atoms with E-state index in [9.17, 15) is 4.79 Å². The minimum absolute atomic E-state index is 0.0587. The molecule has 2 aromatic rings. The number of amides is 1. The summed E-state index contributed by atoms with van der Waals surface area (Å²) in [4.78, 5) is 14.8. The molecule has 1 fully saturated rings. The first-order valence-electron chi connectivity index (χ1n) is 8.27. The summed E-state index contributed by atoms with van der Waals surface area (Å²) in [6.45, 7) is 8.08. The van der Waals surface area contributed by atoms with Crippen LogP contribution in [0, 0.1) is 12.3 Å². The van der Waals surface area contributed by atoms with Crippen molar-refractivity contribution in [1.29, 1.82) is 0 Å². The number of aromatic nitrogens is 2. The number of hydrogen-bond donors (Lipinski definition) is 0. The van der Waals surface area contributed by atoms with Crippen molar-refractivity contribution in [1.82, 2.24) is 14.7 Å². The summed E-state index contributed by atoms with van der Waals surface area (Å²) in [6, 6.07) is 6.16. The molecule has 24 heavy (non-hydrogen) atoms. The van der Waals surface area contributed by atoms with Crippen LogP contribution in [0.1, 0.15) is 36.5 Å². The van der Waals surface area contributed by atoms with E-state index in [-0.39, 0.29) is 11.3 Å². The third-order valence-electron chi connectivity index (χ3n) is 4.97. The molecule has 1 unspecified atom stereocenters. The summed E-state index contributed by atoms with van der Waals surface area (Å²) in [5, 5.41) is 4.29. The SMILES string of the molecule is Cc1ccc(CC(=O)N2CC(c3cnn(C)c3)C(C)(C)C2)c(Br)c1. The number of likely N-dealkylation sites (tertiary alicyclic amines) is 1. The van der Waals surface area contributed by atoms with Gasteiger partial charge >= 0.3 is 0 Å². The maximum Gasteiger partial charge on any atom is 0.227 e. The van der Waals surface area contributed by atoms with Gasteiger partial charge < -0.3 is 4.90 Å². The minimum Gasteiger partial charge on any atom is -0.341 e. The minimum atomic E-state index is 0.0587. The number of aryl methyl sites for hydroxylation is 2. The maximum absolute atomic E-state index is 12.8. The number of nitrogens with zero attached hydrogens (tertiary/aromatic N) is 3. The van der Waals surface area contributed by atoms with Gasteiger partial charge in [0.2, 0.25) is 5.91 Å². The van der Waals surface area contributed by atoms with E-state index in [0.717, 1.165) is 23.1 Å². The topological polar surface area (TPSA) is 38.1 Å². The lowest BCUT2D eigenvalue weighted by atomic mass is 9.79. The van der Waals surface area contributed by atoms with E-state index in [1.165, 1.54) is 11.1 Å². The average Bonchev–Trinajstić information content (AvgIpc) is 3.04. The summed E-state index contributed by atoms with van der Waals surface area (Å²) < 4.78 is 2.84. The van der Waals surface area contributed by atoms with Crippen molar-refractivity contribution >= 4 is 21.8 Å². The fourth-order valence-electron chi connectivity index (χ4n) is 3.57. The van der Waals surface area contributed by atoms with Crippen LogP contribution in [0.3, 0.4) is 0 Å². The Morgan fingerprint density at radius 3 is 2.79 bits per heavy atom. The van der Waals surface area contributed by atoms with Crippen LogP contribution in [-0.4, -0.2) is 33.7 Å². The highest BCUT2D eigenvalue weighted by atomic mass is 79.9. The second-order valence-electron chi connectivity index (χ2n) is 7.53. The Morgan fingerprint density at radius 1 is 1.42 bits per heavy atom. The number of rotatable bonds is 3. The predicted molar refractivity (Wildman–Crippen MR) is 98.9 cm³/mol. The van der Waals surface area contributed by atoms with Crippen LogP contribution >= 0.6 is 15.9 Å². The molecule has 0 aliphatic carbocycles. The number of halogens is 1. The molecule has 128 valence electrons. The zero-order valence-electron chi connectivity index (χ0n) is 14.7. The first-order valence-corrected chi connectivity index (χ1v) is 9.07. The lowest BCUT2D eigenvalue weighted by Crippen LogP contribution is -2.31. The molecule has 0 saturated carbocycles. The molecule has 1 aromatic heterocycles. The van der Waals surface area contributed by atoms with Gasteiger partial charge in [-0.25, -0.2) is 0 Å². The van der Waals surface area contributed by atoms with E-state index in [4.69, 9.17) is 0 Å². The van der Waals surface area contributed by atoms with Crippen molar-refractivity contribution in [2.75, 3.05) is 13.1 Å². The van der Waals surface area contributed by atoms with Crippen LogP contribution in [0.2, 0.25) is 0 Å². The molecule has 0 N–H and O–H groups in total. The molecule has 1 aliphatic heterocycles. The molecule has 5 heteroatoms. The first-order chi connectivity index (χ1) is 11.3. The van der Waals surface area contributed by atoms with Crippen LogP contribution in [0.4, 0.5) is 0 Å². The molecule has 0 bridgehead atoms. The van der Waals surface area contributed by atoms with Gasteiger partial charge in [-0.05, 0) is 35.1 Å². The number of hydrogen-bond acceptors (Lipinski definition) is 2. The van der Waals surface area contributed by atoms with Crippen LogP contribution in [0.25, 0.3) is 0 Å². The normalized spacial score (nSPS) is 19.7. The van der Waals surface area contributed by atoms with E-state index in [1.807, 2.05) is 28.9 Å². The fraction of sp³-hybridized carbons (Fsp3) is 0.474. The molecule has 1 amide bonds. The first kappa shape index (κ1) is 17.2. The van der Waals surface area contributed by atoms with Crippen molar-refractivity contribution in [3.8, 4) is 0 Å². The summed E-state index contributed by atoms with van der Waals surface area (Å²) in [7, 11) is 1.93. The van der Waals surface area contributed by atoms with Crippen molar-refractivity contribution in [3.63, 3.8) is 0 Å². The molecule has 0 radical (unpaired) electrons. The molecule has 4 nitrogen and oxygen atoms in total. The van der Waals surface area contributed by atoms with Crippen molar-refractivity contribution < 1.29 is 4.79 Å². The monoisotopic (exact) mass is 389 g/mol. The zero-order chi connectivity index (χ0) is 17.5. The van der Waals surface area contributed by atoms with Crippen LogP contribution in [0.15, 0.2) is 35.1 Å². The van der Waals surface area contributed by atoms with Crippen molar-refractivity contribution in [2.24, 2.45) is 12.5 Å². The van der Waals surface area contributed by atoms with Crippen LogP contribution in [0.5, 0.6) is 0 Å². The Morgan fingerprint density at radius 2 is 2.17 bits per heavy atom. The third-order valence-corrected chi connectivity index (χ3v) is 5.71.